The molecule has 1 unspecified atom stereocenters. The quantitative estimate of drug-likeness (QED) is 0.724. The van der Waals surface area contributed by atoms with Crippen LogP contribution in [0.15, 0.2) is 36.4 Å². The zero-order valence-corrected chi connectivity index (χ0v) is 7.74. The normalized spacial score (nSPS) is 22.6. The summed E-state index contributed by atoms with van der Waals surface area (Å²) in [5, 5.41) is 3.44. The summed E-state index contributed by atoms with van der Waals surface area (Å²) in [6.45, 7) is 1.17. The van der Waals surface area contributed by atoms with Gasteiger partial charge in [-0.3, -0.25) is 0 Å². The van der Waals surface area contributed by atoms with Crippen molar-refractivity contribution >= 4 is 6.08 Å². The van der Waals surface area contributed by atoms with Gasteiger partial charge in [0.15, 0.2) is 0 Å². The summed E-state index contributed by atoms with van der Waals surface area (Å²) in [4.78, 5) is 0. The Labute approximate surface area is 79.5 Å². The molecule has 1 nitrogen and oxygen atoms in total. The highest BCUT2D eigenvalue weighted by molar-refractivity contribution is 5.49. The lowest BCUT2D eigenvalue weighted by molar-refractivity contribution is 0.730. The smallest absolute Gasteiger partial charge is 0.0253 e. The molecule has 1 aromatic carbocycles. The fraction of sp³-hybridized carbons (Fsp3) is 0.333. The Balaban J connectivity index is 1.97. The van der Waals surface area contributed by atoms with Crippen LogP contribution < -0.4 is 5.32 Å². The van der Waals surface area contributed by atoms with Crippen LogP contribution in [-0.2, 0) is 0 Å². The van der Waals surface area contributed by atoms with Crippen molar-refractivity contribution in [3.8, 4) is 0 Å². The van der Waals surface area contributed by atoms with E-state index in [2.05, 4.69) is 41.7 Å². The molecule has 13 heavy (non-hydrogen) atoms. The molecule has 0 amide bonds. The average Bonchev–Trinajstić information content (AvgIpc) is 2.69. The number of hydrogen-bond donors (Lipinski definition) is 1. The highest BCUT2D eigenvalue weighted by Gasteiger charge is 2.09. The molecule has 1 saturated heterocycles. The third kappa shape index (κ3) is 2.43. The maximum atomic E-state index is 3.44. The minimum absolute atomic E-state index is 0.597. The molecule has 0 spiro atoms. The Morgan fingerprint density at radius 3 is 2.77 bits per heavy atom. The van der Waals surface area contributed by atoms with Crippen LogP contribution in [0.3, 0.4) is 0 Å². The summed E-state index contributed by atoms with van der Waals surface area (Å²) in [6.07, 6.45) is 7.05. The van der Waals surface area contributed by atoms with Crippen LogP contribution in [0.25, 0.3) is 6.08 Å². The molecule has 0 bridgehead atoms. The Hall–Kier alpha value is -1.08. The van der Waals surface area contributed by atoms with E-state index in [1.54, 1.807) is 0 Å². The molecule has 1 aliphatic rings. The highest BCUT2D eigenvalue weighted by Crippen LogP contribution is 2.08. The van der Waals surface area contributed by atoms with E-state index in [4.69, 9.17) is 0 Å². The van der Waals surface area contributed by atoms with Gasteiger partial charge in [-0.1, -0.05) is 42.5 Å². The standard InChI is InChI=1S/C12H15N/c1-2-5-11(6-3-1)8-9-12-7-4-10-13-12/h1-3,5-6,8-9,12-13H,4,7,10H2/b9-8+. The Bertz CT molecular complexity index is 270. The first-order valence-electron chi connectivity index (χ1n) is 4.92. The molecule has 0 saturated carbocycles. The number of rotatable bonds is 2. The average molecular weight is 173 g/mol. The van der Waals surface area contributed by atoms with E-state index in [0.29, 0.717) is 6.04 Å². The van der Waals surface area contributed by atoms with E-state index >= 15 is 0 Å². The van der Waals surface area contributed by atoms with Gasteiger partial charge in [0, 0.05) is 6.04 Å². The molecular formula is C12H15N. The minimum Gasteiger partial charge on any atom is -0.311 e. The summed E-state index contributed by atoms with van der Waals surface area (Å²) < 4.78 is 0. The number of benzene rings is 1. The van der Waals surface area contributed by atoms with Gasteiger partial charge in [-0.05, 0) is 24.9 Å². The Morgan fingerprint density at radius 2 is 2.08 bits per heavy atom. The largest absolute Gasteiger partial charge is 0.311 e. The summed E-state index contributed by atoms with van der Waals surface area (Å²) in [7, 11) is 0. The highest BCUT2D eigenvalue weighted by atomic mass is 14.9. The fourth-order valence-corrected chi connectivity index (χ4v) is 1.67. The predicted molar refractivity (Wildman–Crippen MR) is 56.5 cm³/mol. The second-order valence-corrected chi connectivity index (χ2v) is 3.47. The number of hydrogen-bond acceptors (Lipinski definition) is 1. The molecule has 68 valence electrons. The van der Waals surface area contributed by atoms with Gasteiger partial charge in [-0.2, -0.15) is 0 Å². The monoisotopic (exact) mass is 173 g/mol. The Morgan fingerprint density at radius 1 is 1.23 bits per heavy atom. The van der Waals surface area contributed by atoms with E-state index in [1.807, 2.05) is 6.07 Å². The molecule has 0 aliphatic carbocycles. The topological polar surface area (TPSA) is 12.0 Å². The van der Waals surface area contributed by atoms with Crippen LogP contribution in [0.1, 0.15) is 18.4 Å². The van der Waals surface area contributed by atoms with Gasteiger partial charge in [0.25, 0.3) is 0 Å². The third-order valence-corrected chi connectivity index (χ3v) is 2.42. The van der Waals surface area contributed by atoms with Crippen molar-refractivity contribution < 1.29 is 0 Å². The molecule has 1 N–H and O–H groups in total. The molecule has 1 heteroatoms. The molecule has 2 rings (SSSR count). The van der Waals surface area contributed by atoms with Gasteiger partial charge in [-0.15, -0.1) is 0 Å². The third-order valence-electron chi connectivity index (χ3n) is 2.42. The van der Waals surface area contributed by atoms with E-state index < -0.39 is 0 Å². The second-order valence-electron chi connectivity index (χ2n) is 3.47. The number of nitrogens with one attached hydrogen (secondary N) is 1. The second kappa shape index (κ2) is 4.24. The minimum atomic E-state index is 0.597. The van der Waals surface area contributed by atoms with Gasteiger partial charge >= 0.3 is 0 Å². The predicted octanol–water partition coefficient (Wildman–Crippen LogP) is 2.45. The maximum Gasteiger partial charge on any atom is 0.0253 e. The van der Waals surface area contributed by atoms with Gasteiger partial charge < -0.3 is 5.32 Å². The molecule has 1 aliphatic heterocycles. The zero-order valence-electron chi connectivity index (χ0n) is 7.74. The lowest BCUT2D eigenvalue weighted by atomic mass is 10.1. The maximum absolute atomic E-state index is 3.44. The van der Waals surface area contributed by atoms with Crippen molar-refractivity contribution in [2.45, 2.75) is 18.9 Å². The first kappa shape index (κ1) is 8.52. The van der Waals surface area contributed by atoms with Crippen molar-refractivity contribution in [2.75, 3.05) is 6.54 Å². The van der Waals surface area contributed by atoms with Gasteiger partial charge in [-0.25, -0.2) is 0 Å². The van der Waals surface area contributed by atoms with E-state index in [9.17, 15) is 0 Å². The van der Waals surface area contributed by atoms with Crippen LogP contribution >= 0.6 is 0 Å². The van der Waals surface area contributed by atoms with E-state index in [1.165, 1.54) is 24.9 Å². The van der Waals surface area contributed by atoms with E-state index in [-0.39, 0.29) is 0 Å². The van der Waals surface area contributed by atoms with Gasteiger partial charge in [0.05, 0.1) is 0 Å². The summed E-state index contributed by atoms with van der Waals surface area (Å²) >= 11 is 0. The van der Waals surface area contributed by atoms with E-state index in [0.717, 1.165) is 0 Å². The molecule has 0 aromatic heterocycles. The van der Waals surface area contributed by atoms with Crippen LogP contribution in [-0.4, -0.2) is 12.6 Å². The van der Waals surface area contributed by atoms with Crippen molar-refractivity contribution in [1.82, 2.24) is 5.32 Å². The first-order valence-corrected chi connectivity index (χ1v) is 4.92. The molecule has 1 fully saturated rings. The van der Waals surface area contributed by atoms with Gasteiger partial charge in [0.2, 0.25) is 0 Å². The van der Waals surface area contributed by atoms with Crippen LogP contribution in [0.2, 0.25) is 0 Å². The molecule has 1 heterocycles. The van der Waals surface area contributed by atoms with Gasteiger partial charge in [0.1, 0.15) is 0 Å². The molecule has 1 aromatic rings. The molecular weight excluding hydrogens is 158 g/mol. The van der Waals surface area contributed by atoms with Crippen LogP contribution in [0.5, 0.6) is 0 Å². The summed E-state index contributed by atoms with van der Waals surface area (Å²) in [5.41, 5.74) is 1.29. The lowest BCUT2D eigenvalue weighted by Gasteiger charge is -2.01. The van der Waals surface area contributed by atoms with Crippen molar-refractivity contribution in [3.05, 3.63) is 42.0 Å². The molecule has 0 radical (unpaired) electrons. The SMILES string of the molecule is C(=C\C1CCCN1)/c1ccccc1. The lowest BCUT2D eigenvalue weighted by Crippen LogP contribution is -2.17. The summed E-state index contributed by atoms with van der Waals surface area (Å²) in [5.74, 6) is 0. The van der Waals surface area contributed by atoms with Crippen molar-refractivity contribution in [2.24, 2.45) is 0 Å². The van der Waals surface area contributed by atoms with Crippen LogP contribution in [0.4, 0.5) is 0 Å². The Kier molecular flexibility index (Phi) is 2.78. The first-order chi connectivity index (χ1) is 6.45. The molecule has 1 atom stereocenters. The zero-order chi connectivity index (χ0) is 8.93. The van der Waals surface area contributed by atoms with Crippen molar-refractivity contribution in [3.63, 3.8) is 0 Å². The van der Waals surface area contributed by atoms with Crippen LogP contribution in [0, 0.1) is 0 Å². The fourth-order valence-electron chi connectivity index (χ4n) is 1.67. The summed E-state index contributed by atoms with van der Waals surface area (Å²) in [6, 6.07) is 11.0. The van der Waals surface area contributed by atoms with Crippen molar-refractivity contribution in [1.29, 1.82) is 0 Å².